The van der Waals surface area contributed by atoms with Crippen molar-refractivity contribution in [1.29, 1.82) is 0 Å². The summed E-state index contributed by atoms with van der Waals surface area (Å²) in [6, 6.07) is 33.0. The van der Waals surface area contributed by atoms with Gasteiger partial charge in [-0.05, 0) is 281 Å². The molecular weight excluding hydrogens is 1700 g/mol. The SMILES string of the molecule is C.C1CCOC1.CCS(=O)(=O)Cl.CCS(=O)(=O)N(C)CCCC1CC2(CCN(C(=O)OC(C)(C)C)CC2)Oc2ccccc21.CCS(=O)(=O)N(C)CCCC1CC2(CCNCC2)Oc2ccccc21.CCS(=O)(=O)NCCCC1CC2(CCN(C(=O)OC(C)(C)C)CC2)Oc2ccccc21.CCS(=O)(=O)NCCCC1CC2(CCNCC2)Oc2ccccc21.[2H][2H].[2H][2H]. The van der Waals surface area contributed by atoms with E-state index in [-0.39, 0.29) is 70.8 Å². The fraction of sp³-hybridized carbons (Fsp3) is 0.714. The average molecular weight is 1860 g/mol. The van der Waals surface area contributed by atoms with Crippen LogP contribution in [0.5, 0.6) is 23.0 Å². The van der Waals surface area contributed by atoms with Crippen molar-refractivity contribution in [3.63, 3.8) is 0 Å². The van der Waals surface area contributed by atoms with E-state index in [1.807, 2.05) is 90.1 Å². The minimum atomic E-state index is -3.19. The predicted octanol–water partition coefficient (Wildman–Crippen LogP) is 16.1. The first-order chi connectivity index (χ1) is 60.0. The van der Waals surface area contributed by atoms with Crippen molar-refractivity contribution in [3.05, 3.63) is 119 Å². The van der Waals surface area contributed by atoms with E-state index < -0.39 is 60.3 Å². The van der Waals surface area contributed by atoms with Gasteiger partial charge in [-0.25, -0.2) is 69.7 Å². The van der Waals surface area contributed by atoms with Crippen LogP contribution in [0.4, 0.5) is 9.59 Å². The van der Waals surface area contributed by atoms with Crippen LogP contribution in [0, 0.1) is 0 Å². The number of nitrogens with one attached hydrogen (secondary N) is 4. The summed E-state index contributed by atoms with van der Waals surface area (Å²) in [4.78, 5) is 28.5. The van der Waals surface area contributed by atoms with Crippen molar-refractivity contribution in [1.82, 2.24) is 38.5 Å². The van der Waals surface area contributed by atoms with Gasteiger partial charge in [0.05, 0.1) is 28.8 Å². The molecule has 0 saturated carbocycles. The molecule has 0 aliphatic carbocycles. The summed E-state index contributed by atoms with van der Waals surface area (Å²) in [5.74, 6) is 5.93. The Hall–Kier alpha value is -5.62. The zero-order valence-corrected chi connectivity index (χ0v) is 80.3. The van der Waals surface area contributed by atoms with Gasteiger partial charge in [-0.3, -0.25) is 0 Å². The number of likely N-dealkylation sites (tertiary alicyclic amines) is 2. The number of halogens is 1. The number of sulfonamides is 4. The number of rotatable bonds is 25. The molecule has 9 aliphatic heterocycles. The number of benzene rings is 4. The zero-order valence-electron chi connectivity index (χ0n) is 79.5. The van der Waals surface area contributed by atoms with Crippen molar-refractivity contribution < 1.29 is 90.8 Å². The van der Waals surface area contributed by atoms with Crippen LogP contribution in [0.15, 0.2) is 97.1 Å². The topological polar surface area (TPSA) is 331 Å². The molecule has 13 rings (SSSR count). The molecule has 9 aliphatic rings. The molecule has 4 atom stereocenters. The van der Waals surface area contributed by atoms with Crippen molar-refractivity contribution in [2.24, 2.45) is 0 Å². The molecule has 708 valence electrons. The van der Waals surface area contributed by atoms with E-state index in [0.29, 0.717) is 76.0 Å². The van der Waals surface area contributed by atoms with Crippen LogP contribution in [0.1, 0.15) is 277 Å². The Morgan fingerprint density at radius 3 is 0.960 bits per heavy atom. The van der Waals surface area contributed by atoms with E-state index >= 15 is 0 Å². The van der Waals surface area contributed by atoms with Gasteiger partial charge in [0.25, 0.3) is 0 Å². The van der Waals surface area contributed by atoms with E-state index in [1.165, 1.54) is 50.6 Å². The molecule has 9 heterocycles. The van der Waals surface area contributed by atoms with E-state index in [0.717, 1.165) is 191 Å². The highest BCUT2D eigenvalue weighted by Crippen LogP contribution is 2.51. The minimum Gasteiger partial charge on any atom is -0.487 e. The maximum Gasteiger partial charge on any atom is 0.410 e. The number of amides is 2. The van der Waals surface area contributed by atoms with Gasteiger partial charge in [0.2, 0.25) is 49.1 Å². The van der Waals surface area contributed by atoms with Gasteiger partial charge in [0, 0.05) is 122 Å². The second-order valence-electron chi connectivity index (χ2n) is 36.1. The van der Waals surface area contributed by atoms with Crippen molar-refractivity contribution in [3.8, 4) is 23.0 Å². The lowest BCUT2D eigenvalue weighted by Gasteiger charge is -2.47. The number of piperidine rings is 4. The molecular formula is C91H153ClN8O19S5. The number of para-hydroxylation sites is 4. The first kappa shape index (κ1) is 102. The van der Waals surface area contributed by atoms with Crippen LogP contribution in [-0.4, -0.2) is 241 Å². The number of nitrogens with zero attached hydrogens (tertiary/aromatic N) is 4. The van der Waals surface area contributed by atoms with Gasteiger partial charge in [-0.15, -0.1) is 0 Å². The molecule has 4 aromatic carbocycles. The first-order valence-electron chi connectivity index (χ1n) is 46.8. The maximum atomic E-state index is 12.5. The Labute approximate surface area is 755 Å². The van der Waals surface area contributed by atoms with E-state index in [9.17, 15) is 51.7 Å². The van der Waals surface area contributed by atoms with Crippen LogP contribution < -0.4 is 39.0 Å². The molecule has 33 heteroatoms. The Bertz CT molecular complexity index is 4580. The number of carbonyl (C=O) groups is 2. The monoisotopic (exact) mass is 1860 g/mol. The summed E-state index contributed by atoms with van der Waals surface area (Å²) in [5, 5.41) is 6.84. The van der Waals surface area contributed by atoms with E-state index in [1.54, 1.807) is 51.6 Å². The Kier molecular flexibility index (Phi) is 39.4. The molecule has 4 aromatic rings. The molecule has 5 saturated heterocycles. The van der Waals surface area contributed by atoms with Crippen LogP contribution in [0.25, 0.3) is 0 Å². The standard InChI is InChI=1S/C24H38N2O5S.C23H36N2O5S.C19H30N2O3S.C18H28N2O3S.C4H8O.C2H5ClO2S.CH4.2H2/c1-6-32(28,29)25(5)15-9-10-19-18-24(30-21-12-8-7-11-20(19)21)13-16-26(17-14-24)22(27)31-23(2,3)4;1-5-31(27,28)24-14-8-9-18-17-23(29-20-11-7-6-10-19(18)20)12-15-25(16-13-23)21(26)30-22(2,3)4;1-3-25(22,23)21(2)14-6-7-16-15-19(10-12-20-13-11-19)24-18-9-5-4-8-17(16)18;1-2-24(21,22)20-11-5-6-15-14-18(9-12-19-13-10-18)23-17-8-4-3-7-16(15)17;1-2-4-5-3-1;1-2-6(3,4)5;;;/h7-8,11-12,19H,6,9-10,13-18H2,1-5H3;6-7,10-11,18,24H,5,8-9,12-17H2,1-4H3;4-5,8-9,16,20H,3,6-7,10-15H2,1-2H3;3-4,7-8,15,19-20H,2,5-6,9-14H2,1H3;1-4H2;2H2,1H3;1H4;2*1H/i;;;;;;;2*1+1D. The van der Waals surface area contributed by atoms with Crippen LogP contribution in [0.3, 0.4) is 0 Å². The minimum absolute atomic E-state index is 0. The van der Waals surface area contributed by atoms with Crippen molar-refractivity contribution in [2.75, 3.05) is 135 Å². The molecule has 27 nitrogen and oxygen atoms in total. The van der Waals surface area contributed by atoms with Gasteiger partial charge in [0.1, 0.15) is 56.6 Å². The lowest BCUT2D eigenvalue weighted by Crippen LogP contribution is -2.52. The molecule has 4 spiro atoms. The molecule has 4 unspecified atom stereocenters. The smallest absolute Gasteiger partial charge is 0.410 e. The third-order valence-electron chi connectivity index (χ3n) is 24.7. The molecule has 0 aromatic heterocycles. The summed E-state index contributed by atoms with van der Waals surface area (Å²) in [5.41, 5.74) is 3.27. The van der Waals surface area contributed by atoms with E-state index in [2.05, 4.69) is 79.3 Å². The average Bonchev–Trinajstić information content (AvgIpc) is 0.819. The number of hydrogen-bond acceptors (Lipinski definition) is 21. The molecule has 4 N–H and O–H groups in total. The van der Waals surface area contributed by atoms with E-state index in [4.69, 9.17) is 39.1 Å². The highest BCUT2D eigenvalue weighted by molar-refractivity contribution is 8.13. The third kappa shape index (κ3) is 33.1. The predicted molar refractivity (Wildman–Crippen MR) is 499 cm³/mol. The first-order valence-corrected chi connectivity index (χ1v) is 53.8. The molecule has 2 amide bonds. The molecule has 5 fully saturated rings. The molecule has 0 bridgehead atoms. The van der Waals surface area contributed by atoms with Crippen LogP contribution >= 0.6 is 10.7 Å². The summed E-state index contributed by atoms with van der Waals surface area (Å²) in [6.07, 6.45) is 20.2. The van der Waals surface area contributed by atoms with Gasteiger partial charge in [-0.1, -0.05) is 87.1 Å². The van der Waals surface area contributed by atoms with Gasteiger partial charge in [-0.2, -0.15) is 0 Å². The highest BCUT2D eigenvalue weighted by atomic mass is 35.7. The Morgan fingerprint density at radius 2 is 0.718 bits per heavy atom. The fourth-order valence-electron chi connectivity index (χ4n) is 17.6. The second-order valence-corrected chi connectivity index (χ2v) is 48.1. The molecule has 124 heavy (non-hydrogen) atoms. The van der Waals surface area contributed by atoms with Crippen molar-refractivity contribution >= 4 is 72.0 Å². The number of carbonyl (C=O) groups excluding carboxylic acids is 2. The largest absolute Gasteiger partial charge is 0.487 e. The summed E-state index contributed by atoms with van der Waals surface area (Å²) in [6.45, 7) is 30.0. The summed E-state index contributed by atoms with van der Waals surface area (Å²) < 4.78 is 184. The van der Waals surface area contributed by atoms with Crippen LogP contribution in [-0.2, 0) is 63.4 Å². The van der Waals surface area contributed by atoms with Gasteiger partial charge >= 0.3 is 12.2 Å². The highest BCUT2D eigenvalue weighted by Gasteiger charge is 2.48. The van der Waals surface area contributed by atoms with Gasteiger partial charge in [0.15, 0.2) is 0 Å². The maximum absolute atomic E-state index is 12.5. The summed E-state index contributed by atoms with van der Waals surface area (Å²) >= 11 is 0. The lowest BCUT2D eigenvalue weighted by molar-refractivity contribution is -0.0339. The van der Waals surface area contributed by atoms with Gasteiger partial charge < -0.3 is 53.6 Å². The Morgan fingerprint density at radius 1 is 0.452 bits per heavy atom. The summed E-state index contributed by atoms with van der Waals surface area (Å²) in [7, 11) is -7.66. The normalized spacial score (nSPS) is 21.2. The molecule has 0 radical (unpaired) electrons. The van der Waals surface area contributed by atoms with Crippen LogP contribution in [0.2, 0.25) is 0 Å². The number of fused-ring (bicyclic) bond motifs is 4. The number of hydrogen-bond donors (Lipinski definition) is 4. The lowest BCUT2D eigenvalue weighted by atomic mass is 9.76. The third-order valence-corrected chi connectivity index (χ3v) is 32.5. The van der Waals surface area contributed by atoms with Crippen molar-refractivity contribution in [2.45, 2.75) is 282 Å². The second kappa shape index (κ2) is 47.8. The Balaban J connectivity index is 0.000000287. The fourth-order valence-corrected chi connectivity index (χ4v) is 20.6. The number of ether oxygens (including phenoxy) is 7. The zero-order chi connectivity index (χ0) is 94.0. The quantitative estimate of drug-likeness (QED) is 0.0354.